The highest BCUT2D eigenvalue weighted by Gasteiger charge is 2.31. The molecule has 0 atom stereocenters. The normalized spacial score (nSPS) is 11.2. The Bertz CT molecular complexity index is 1070. The SMILES string of the molecule is Nc1nccnc1C(=O)Nc1cnn(Cc2cccc(NC(=O)CC(F)(F)F)c2)c1. The lowest BCUT2D eigenvalue weighted by atomic mass is 10.2. The highest BCUT2D eigenvalue weighted by atomic mass is 19.4. The van der Waals surface area contributed by atoms with Crippen molar-refractivity contribution in [3.05, 3.63) is 60.3 Å². The summed E-state index contributed by atoms with van der Waals surface area (Å²) in [5.41, 5.74) is 6.90. The van der Waals surface area contributed by atoms with E-state index in [9.17, 15) is 22.8 Å². The number of hydrogen-bond acceptors (Lipinski definition) is 6. The summed E-state index contributed by atoms with van der Waals surface area (Å²) in [6.45, 7) is 0.256. The van der Waals surface area contributed by atoms with Gasteiger partial charge in [-0.25, -0.2) is 9.97 Å². The van der Waals surface area contributed by atoms with E-state index in [1.807, 2.05) is 0 Å². The van der Waals surface area contributed by atoms with Crippen LogP contribution in [0.5, 0.6) is 0 Å². The maximum absolute atomic E-state index is 12.3. The van der Waals surface area contributed by atoms with Crippen LogP contribution in [0.25, 0.3) is 0 Å². The maximum Gasteiger partial charge on any atom is 0.397 e. The average molecular weight is 419 g/mol. The Balaban J connectivity index is 1.63. The molecule has 3 rings (SSSR count). The minimum atomic E-state index is -4.58. The molecule has 0 radical (unpaired) electrons. The minimum Gasteiger partial charge on any atom is -0.382 e. The van der Waals surface area contributed by atoms with Gasteiger partial charge in [0.2, 0.25) is 5.91 Å². The Morgan fingerprint density at radius 2 is 1.87 bits per heavy atom. The number of amides is 2. The average Bonchev–Trinajstić information content (AvgIpc) is 3.07. The summed E-state index contributed by atoms with van der Waals surface area (Å²) in [5, 5.41) is 8.92. The van der Waals surface area contributed by atoms with E-state index in [4.69, 9.17) is 5.73 Å². The highest BCUT2D eigenvalue weighted by Crippen LogP contribution is 2.21. The number of nitrogens with two attached hydrogens (primary N) is 1. The fourth-order valence-corrected chi connectivity index (χ4v) is 2.55. The van der Waals surface area contributed by atoms with Gasteiger partial charge in [-0.05, 0) is 17.7 Å². The molecule has 4 N–H and O–H groups in total. The molecule has 0 bridgehead atoms. The van der Waals surface area contributed by atoms with Gasteiger partial charge in [-0.3, -0.25) is 14.3 Å². The fraction of sp³-hybridized carbons (Fsp3) is 0.167. The van der Waals surface area contributed by atoms with E-state index in [1.54, 1.807) is 18.3 Å². The Morgan fingerprint density at radius 3 is 2.60 bits per heavy atom. The van der Waals surface area contributed by atoms with E-state index >= 15 is 0 Å². The largest absolute Gasteiger partial charge is 0.397 e. The summed E-state index contributed by atoms with van der Waals surface area (Å²) in [6.07, 6.45) is -0.457. The molecule has 0 aliphatic rings. The van der Waals surface area contributed by atoms with E-state index in [2.05, 4.69) is 25.7 Å². The van der Waals surface area contributed by atoms with Crippen molar-refractivity contribution in [2.45, 2.75) is 19.1 Å². The molecule has 2 aromatic heterocycles. The quantitative estimate of drug-likeness (QED) is 0.563. The van der Waals surface area contributed by atoms with Crippen LogP contribution < -0.4 is 16.4 Å². The summed E-state index contributed by atoms with van der Waals surface area (Å²) in [5.74, 6) is -1.70. The van der Waals surface area contributed by atoms with Gasteiger partial charge < -0.3 is 16.4 Å². The van der Waals surface area contributed by atoms with Gasteiger partial charge in [-0.1, -0.05) is 12.1 Å². The standard InChI is InChI=1S/C18H16F3N7O2/c19-18(20,21)7-14(29)26-12-3-1-2-11(6-12)9-28-10-13(8-25-28)27-17(30)15-16(22)24-5-4-23-15/h1-6,8,10H,7,9H2,(H2,22,24)(H,26,29)(H,27,30). The minimum absolute atomic E-state index is 0.00761. The molecule has 0 spiro atoms. The second-order valence-electron chi connectivity index (χ2n) is 6.21. The van der Waals surface area contributed by atoms with Crippen LogP contribution in [0.2, 0.25) is 0 Å². The van der Waals surface area contributed by atoms with E-state index in [1.165, 1.54) is 35.4 Å². The molecular weight excluding hydrogens is 403 g/mol. The zero-order valence-electron chi connectivity index (χ0n) is 15.3. The molecular formula is C18H16F3N7O2. The molecule has 0 unspecified atom stereocenters. The first-order valence-corrected chi connectivity index (χ1v) is 8.55. The van der Waals surface area contributed by atoms with Gasteiger partial charge in [-0.15, -0.1) is 0 Å². The summed E-state index contributed by atoms with van der Waals surface area (Å²) >= 11 is 0. The molecule has 2 amide bonds. The maximum atomic E-state index is 12.3. The lowest BCUT2D eigenvalue weighted by Gasteiger charge is -2.09. The molecule has 0 saturated carbocycles. The molecule has 2 heterocycles. The van der Waals surface area contributed by atoms with Crippen molar-refractivity contribution in [3.63, 3.8) is 0 Å². The fourth-order valence-electron chi connectivity index (χ4n) is 2.55. The van der Waals surface area contributed by atoms with Crippen LogP contribution in [0.4, 0.5) is 30.4 Å². The molecule has 156 valence electrons. The molecule has 0 aliphatic heterocycles. The van der Waals surface area contributed by atoms with Crippen LogP contribution in [0, 0.1) is 0 Å². The molecule has 1 aromatic carbocycles. The number of rotatable bonds is 6. The van der Waals surface area contributed by atoms with Crippen LogP contribution in [0.15, 0.2) is 49.1 Å². The van der Waals surface area contributed by atoms with Crippen LogP contribution in [0.1, 0.15) is 22.5 Å². The van der Waals surface area contributed by atoms with Crippen molar-refractivity contribution < 1.29 is 22.8 Å². The predicted octanol–water partition coefficient (Wildman–Crippen LogP) is 2.45. The predicted molar refractivity (Wildman–Crippen MR) is 101 cm³/mol. The van der Waals surface area contributed by atoms with Gasteiger partial charge in [0.1, 0.15) is 6.42 Å². The number of aromatic nitrogens is 4. The third-order valence-corrected chi connectivity index (χ3v) is 3.75. The molecule has 9 nitrogen and oxygen atoms in total. The molecule has 0 fully saturated rings. The van der Waals surface area contributed by atoms with Crippen molar-refractivity contribution >= 4 is 29.0 Å². The summed E-state index contributed by atoms with van der Waals surface area (Å²) in [7, 11) is 0. The topological polar surface area (TPSA) is 128 Å². The van der Waals surface area contributed by atoms with Gasteiger partial charge in [0, 0.05) is 24.3 Å². The van der Waals surface area contributed by atoms with Gasteiger partial charge in [0.05, 0.1) is 18.4 Å². The molecule has 12 heteroatoms. The Kier molecular flexibility index (Phi) is 5.95. The Hall–Kier alpha value is -3.96. The van der Waals surface area contributed by atoms with Crippen LogP contribution in [0.3, 0.4) is 0 Å². The Labute approximate surface area is 168 Å². The zero-order valence-corrected chi connectivity index (χ0v) is 15.3. The summed E-state index contributed by atoms with van der Waals surface area (Å²) < 4.78 is 38.4. The third-order valence-electron chi connectivity index (χ3n) is 3.75. The summed E-state index contributed by atoms with van der Waals surface area (Å²) in [4.78, 5) is 31.3. The number of nitrogen functional groups attached to an aromatic ring is 1. The second kappa shape index (κ2) is 8.59. The molecule has 30 heavy (non-hydrogen) atoms. The van der Waals surface area contributed by atoms with Gasteiger partial charge in [0.25, 0.3) is 5.91 Å². The van der Waals surface area contributed by atoms with Crippen molar-refractivity contribution in [1.29, 1.82) is 0 Å². The van der Waals surface area contributed by atoms with Gasteiger partial charge >= 0.3 is 6.18 Å². The lowest BCUT2D eigenvalue weighted by molar-refractivity contribution is -0.150. The first-order valence-electron chi connectivity index (χ1n) is 8.55. The number of nitrogens with one attached hydrogen (secondary N) is 2. The third kappa shape index (κ3) is 5.77. The van der Waals surface area contributed by atoms with E-state index in [0.717, 1.165) is 0 Å². The zero-order chi connectivity index (χ0) is 21.7. The highest BCUT2D eigenvalue weighted by molar-refractivity contribution is 6.05. The molecule has 0 aliphatic carbocycles. The monoisotopic (exact) mass is 419 g/mol. The van der Waals surface area contributed by atoms with Crippen molar-refractivity contribution in [2.24, 2.45) is 0 Å². The smallest absolute Gasteiger partial charge is 0.382 e. The van der Waals surface area contributed by atoms with Crippen LogP contribution in [-0.4, -0.2) is 37.7 Å². The van der Waals surface area contributed by atoms with Crippen LogP contribution in [-0.2, 0) is 11.3 Å². The van der Waals surface area contributed by atoms with Crippen molar-refractivity contribution in [3.8, 4) is 0 Å². The van der Waals surface area contributed by atoms with Crippen LogP contribution >= 0.6 is 0 Å². The number of hydrogen-bond donors (Lipinski definition) is 3. The summed E-state index contributed by atoms with van der Waals surface area (Å²) in [6, 6.07) is 6.34. The number of halogens is 3. The lowest BCUT2D eigenvalue weighted by Crippen LogP contribution is -2.21. The van der Waals surface area contributed by atoms with Gasteiger partial charge in [-0.2, -0.15) is 18.3 Å². The first kappa shape index (κ1) is 20.8. The first-order chi connectivity index (χ1) is 14.2. The molecule has 3 aromatic rings. The van der Waals surface area contributed by atoms with Crippen molar-refractivity contribution in [2.75, 3.05) is 16.4 Å². The van der Waals surface area contributed by atoms with E-state index in [0.29, 0.717) is 11.3 Å². The number of carbonyl (C=O) groups is 2. The number of alkyl halides is 3. The van der Waals surface area contributed by atoms with Gasteiger partial charge in [0.15, 0.2) is 11.5 Å². The van der Waals surface area contributed by atoms with E-state index in [-0.39, 0.29) is 23.7 Å². The number of anilines is 3. The number of carbonyl (C=O) groups excluding carboxylic acids is 2. The number of benzene rings is 1. The number of nitrogens with zero attached hydrogens (tertiary/aromatic N) is 4. The van der Waals surface area contributed by atoms with E-state index < -0.39 is 24.4 Å². The Morgan fingerprint density at radius 1 is 1.10 bits per heavy atom. The van der Waals surface area contributed by atoms with Crippen molar-refractivity contribution in [1.82, 2.24) is 19.7 Å². The molecule has 0 saturated heterocycles. The second-order valence-corrected chi connectivity index (χ2v) is 6.21.